The van der Waals surface area contributed by atoms with Crippen LogP contribution in [0.2, 0.25) is 0 Å². The number of rotatable bonds is 6. The number of hydrogen-bond donors (Lipinski definition) is 2. The third kappa shape index (κ3) is 3.25. The molecule has 4 atom stereocenters. The quantitative estimate of drug-likeness (QED) is 0.761. The fraction of sp³-hybridized carbons (Fsp3) is 1.00. The van der Waals surface area contributed by atoms with Gasteiger partial charge in [0.15, 0.2) is 0 Å². The van der Waals surface area contributed by atoms with Crippen LogP contribution < -0.4 is 5.32 Å². The van der Waals surface area contributed by atoms with Crippen LogP contribution in [0, 0.1) is 5.92 Å². The van der Waals surface area contributed by atoms with Crippen LogP contribution in [0.3, 0.4) is 0 Å². The van der Waals surface area contributed by atoms with E-state index in [1.54, 1.807) is 0 Å². The summed E-state index contributed by atoms with van der Waals surface area (Å²) in [4.78, 5) is 2.65. The van der Waals surface area contributed by atoms with Crippen LogP contribution in [-0.4, -0.2) is 46.8 Å². The van der Waals surface area contributed by atoms with Crippen molar-refractivity contribution in [1.82, 2.24) is 10.2 Å². The summed E-state index contributed by atoms with van der Waals surface area (Å²) in [6, 6.07) is 2.14. The van der Waals surface area contributed by atoms with E-state index in [2.05, 4.69) is 31.0 Å². The molecule has 3 heteroatoms. The van der Waals surface area contributed by atoms with Gasteiger partial charge in [-0.3, -0.25) is 4.90 Å². The number of nitrogens with zero attached hydrogens (tertiary/aromatic N) is 1. The second-order valence-corrected chi connectivity index (χ2v) is 6.76. The maximum atomic E-state index is 10.4. The van der Waals surface area contributed by atoms with Crippen molar-refractivity contribution in [2.24, 2.45) is 5.92 Å². The van der Waals surface area contributed by atoms with Crippen molar-refractivity contribution in [3.63, 3.8) is 0 Å². The fourth-order valence-electron chi connectivity index (χ4n) is 3.08. The molecular formula is C15H30N2O. The van der Waals surface area contributed by atoms with Crippen LogP contribution in [0.5, 0.6) is 0 Å². The summed E-state index contributed by atoms with van der Waals surface area (Å²) in [6.45, 7) is 10.5. The Balaban J connectivity index is 1.77. The summed E-state index contributed by atoms with van der Waals surface area (Å²) in [5, 5.41) is 14.0. The molecule has 106 valence electrons. The topological polar surface area (TPSA) is 35.5 Å². The predicted octanol–water partition coefficient (Wildman–Crippen LogP) is 2.00. The van der Waals surface area contributed by atoms with Crippen molar-refractivity contribution in [3.05, 3.63) is 0 Å². The number of likely N-dealkylation sites (tertiary alicyclic amines) is 1. The van der Waals surface area contributed by atoms with Gasteiger partial charge in [-0.05, 0) is 39.0 Å². The molecule has 2 fully saturated rings. The molecule has 0 bridgehead atoms. The lowest BCUT2D eigenvalue weighted by Gasteiger charge is -2.31. The van der Waals surface area contributed by atoms with Crippen LogP contribution in [0.25, 0.3) is 0 Å². The Hall–Kier alpha value is -0.120. The highest BCUT2D eigenvalue weighted by Crippen LogP contribution is 2.33. The molecule has 3 nitrogen and oxygen atoms in total. The summed E-state index contributed by atoms with van der Waals surface area (Å²) in [5.41, 5.74) is -0.578. The molecule has 1 heterocycles. The highest BCUT2D eigenvalue weighted by atomic mass is 16.3. The zero-order chi connectivity index (χ0) is 13.3. The SMILES string of the molecule is CCC(C)C(C)(O)CNC1CC(C)N(C2CC2)C1. The zero-order valence-corrected chi connectivity index (χ0v) is 12.4. The molecule has 2 aliphatic rings. The Morgan fingerprint density at radius 3 is 2.67 bits per heavy atom. The minimum atomic E-state index is -0.578. The highest BCUT2D eigenvalue weighted by Gasteiger charge is 2.39. The lowest BCUT2D eigenvalue weighted by atomic mass is 9.88. The molecular weight excluding hydrogens is 224 g/mol. The second-order valence-electron chi connectivity index (χ2n) is 6.76. The molecule has 2 N–H and O–H groups in total. The summed E-state index contributed by atoms with van der Waals surface area (Å²) in [5.74, 6) is 0.350. The maximum absolute atomic E-state index is 10.4. The molecule has 4 unspecified atom stereocenters. The predicted molar refractivity (Wildman–Crippen MR) is 75.7 cm³/mol. The Morgan fingerprint density at radius 2 is 2.11 bits per heavy atom. The van der Waals surface area contributed by atoms with E-state index in [1.165, 1.54) is 25.8 Å². The summed E-state index contributed by atoms with van der Waals surface area (Å²) in [7, 11) is 0. The normalized spacial score (nSPS) is 34.5. The van der Waals surface area contributed by atoms with Crippen molar-refractivity contribution in [2.45, 2.75) is 77.1 Å². The third-order valence-electron chi connectivity index (χ3n) is 5.06. The molecule has 0 aromatic heterocycles. The average molecular weight is 254 g/mol. The first-order valence-electron chi connectivity index (χ1n) is 7.65. The van der Waals surface area contributed by atoms with E-state index in [0.717, 1.165) is 19.0 Å². The summed E-state index contributed by atoms with van der Waals surface area (Å²) >= 11 is 0. The van der Waals surface area contributed by atoms with Gasteiger partial charge in [-0.2, -0.15) is 0 Å². The van der Waals surface area contributed by atoms with Gasteiger partial charge < -0.3 is 10.4 Å². The van der Waals surface area contributed by atoms with Crippen molar-refractivity contribution >= 4 is 0 Å². The first-order chi connectivity index (χ1) is 8.44. The Kier molecular flexibility index (Phi) is 4.35. The van der Waals surface area contributed by atoms with E-state index < -0.39 is 5.60 Å². The van der Waals surface area contributed by atoms with E-state index in [1.807, 2.05) is 6.92 Å². The number of nitrogens with one attached hydrogen (secondary N) is 1. The maximum Gasteiger partial charge on any atom is 0.0768 e. The van der Waals surface area contributed by atoms with Gasteiger partial charge >= 0.3 is 0 Å². The lowest BCUT2D eigenvalue weighted by Crippen LogP contribution is -2.47. The van der Waals surface area contributed by atoms with Gasteiger partial charge in [0.05, 0.1) is 5.60 Å². The first-order valence-corrected chi connectivity index (χ1v) is 7.65. The molecule has 0 spiro atoms. The van der Waals surface area contributed by atoms with Crippen LogP contribution in [-0.2, 0) is 0 Å². The van der Waals surface area contributed by atoms with Gasteiger partial charge in [-0.25, -0.2) is 0 Å². The standard InChI is InChI=1S/C15H30N2O/c1-5-11(2)15(4,18)10-16-13-8-12(3)17(9-13)14-6-7-14/h11-14,16,18H,5-10H2,1-4H3. The Morgan fingerprint density at radius 1 is 1.44 bits per heavy atom. The lowest BCUT2D eigenvalue weighted by molar-refractivity contribution is 0.00350. The largest absolute Gasteiger partial charge is 0.389 e. The van der Waals surface area contributed by atoms with E-state index in [0.29, 0.717) is 18.0 Å². The fourth-order valence-corrected chi connectivity index (χ4v) is 3.08. The van der Waals surface area contributed by atoms with Crippen LogP contribution in [0.1, 0.15) is 53.4 Å². The molecule has 1 aliphatic heterocycles. The molecule has 0 amide bonds. The minimum Gasteiger partial charge on any atom is -0.389 e. The van der Waals surface area contributed by atoms with Gasteiger partial charge in [-0.15, -0.1) is 0 Å². The summed E-state index contributed by atoms with van der Waals surface area (Å²) < 4.78 is 0. The summed E-state index contributed by atoms with van der Waals surface area (Å²) in [6.07, 6.45) is 5.04. The van der Waals surface area contributed by atoms with Crippen LogP contribution >= 0.6 is 0 Å². The van der Waals surface area contributed by atoms with Gasteiger partial charge in [0.1, 0.15) is 0 Å². The van der Waals surface area contributed by atoms with Gasteiger partial charge in [-0.1, -0.05) is 20.3 Å². The van der Waals surface area contributed by atoms with Crippen molar-refractivity contribution in [2.75, 3.05) is 13.1 Å². The molecule has 1 saturated carbocycles. The van der Waals surface area contributed by atoms with E-state index in [9.17, 15) is 5.11 Å². The van der Waals surface area contributed by atoms with Crippen molar-refractivity contribution in [3.8, 4) is 0 Å². The molecule has 1 aliphatic carbocycles. The van der Waals surface area contributed by atoms with Gasteiger partial charge in [0.2, 0.25) is 0 Å². The highest BCUT2D eigenvalue weighted by molar-refractivity contribution is 4.96. The van der Waals surface area contributed by atoms with Crippen LogP contribution in [0.4, 0.5) is 0 Å². The third-order valence-corrected chi connectivity index (χ3v) is 5.06. The van der Waals surface area contributed by atoms with Gasteiger partial charge in [0, 0.05) is 31.2 Å². The van der Waals surface area contributed by atoms with E-state index >= 15 is 0 Å². The molecule has 2 rings (SSSR count). The molecule has 0 aromatic carbocycles. The second kappa shape index (κ2) is 5.48. The monoisotopic (exact) mass is 254 g/mol. The molecule has 0 aromatic rings. The average Bonchev–Trinajstić information content (AvgIpc) is 3.10. The smallest absolute Gasteiger partial charge is 0.0768 e. The zero-order valence-electron chi connectivity index (χ0n) is 12.4. The minimum absolute atomic E-state index is 0.350. The number of hydrogen-bond acceptors (Lipinski definition) is 3. The molecule has 18 heavy (non-hydrogen) atoms. The van der Waals surface area contributed by atoms with E-state index in [-0.39, 0.29) is 0 Å². The Labute approximate surface area is 112 Å². The number of aliphatic hydroxyl groups is 1. The van der Waals surface area contributed by atoms with Crippen molar-refractivity contribution in [1.29, 1.82) is 0 Å². The Bertz CT molecular complexity index is 276. The van der Waals surface area contributed by atoms with Crippen LogP contribution in [0.15, 0.2) is 0 Å². The molecule has 1 saturated heterocycles. The molecule has 0 radical (unpaired) electrons. The first kappa shape index (κ1) is 14.3. The van der Waals surface area contributed by atoms with Gasteiger partial charge in [0.25, 0.3) is 0 Å². The van der Waals surface area contributed by atoms with E-state index in [4.69, 9.17) is 0 Å². The van der Waals surface area contributed by atoms with Crippen molar-refractivity contribution < 1.29 is 5.11 Å².